The number of carbonyl (C=O) groups is 2. The molecule has 1 rings (SSSR count). The minimum absolute atomic E-state index is 0.0164. The molecule has 0 spiro atoms. The molecule has 1 fully saturated rings. The van der Waals surface area contributed by atoms with Crippen molar-refractivity contribution in [2.24, 2.45) is 5.73 Å². The second-order valence-electron chi connectivity index (χ2n) is 7.34. The Kier molecular flexibility index (Phi) is 6.23. The smallest absolute Gasteiger partial charge is 0.410 e. The molecule has 0 saturated carbocycles. The molecule has 1 aliphatic heterocycles. The van der Waals surface area contributed by atoms with E-state index in [0.717, 1.165) is 12.8 Å². The first-order valence-corrected chi connectivity index (χ1v) is 8.08. The Balaban J connectivity index is 2.78. The van der Waals surface area contributed by atoms with Crippen LogP contribution in [0.25, 0.3) is 0 Å². The van der Waals surface area contributed by atoms with Crippen molar-refractivity contribution in [1.82, 2.24) is 9.80 Å². The highest BCUT2D eigenvalue weighted by Gasteiger charge is 2.34. The van der Waals surface area contributed by atoms with Gasteiger partial charge in [0.05, 0.1) is 6.04 Å². The summed E-state index contributed by atoms with van der Waals surface area (Å²) < 4.78 is 5.47. The minimum atomic E-state index is -0.527. The summed E-state index contributed by atoms with van der Waals surface area (Å²) in [7, 11) is 0. The number of rotatable bonds is 4. The number of nitrogens with zero attached hydrogens (tertiary/aromatic N) is 2. The van der Waals surface area contributed by atoms with Crippen molar-refractivity contribution >= 4 is 12.0 Å². The molecule has 0 radical (unpaired) electrons. The summed E-state index contributed by atoms with van der Waals surface area (Å²) in [6, 6.07) is -0.467. The fraction of sp³-hybridized carbons (Fsp3) is 0.875. The van der Waals surface area contributed by atoms with E-state index in [-0.39, 0.29) is 24.1 Å². The maximum Gasteiger partial charge on any atom is 0.410 e. The molecule has 22 heavy (non-hydrogen) atoms. The highest BCUT2D eigenvalue weighted by molar-refractivity contribution is 5.81. The summed E-state index contributed by atoms with van der Waals surface area (Å²) >= 11 is 0. The van der Waals surface area contributed by atoms with Gasteiger partial charge in [0.2, 0.25) is 5.91 Å². The first kappa shape index (κ1) is 18.7. The van der Waals surface area contributed by atoms with Crippen LogP contribution in [0.3, 0.4) is 0 Å². The van der Waals surface area contributed by atoms with E-state index in [4.69, 9.17) is 10.5 Å². The average molecular weight is 313 g/mol. The summed E-state index contributed by atoms with van der Waals surface area (Å²) in [5.41, 5.74) is 5.19. The van der Waals surface area contributed by atoms with Crippen molar-refractivity contribution in [1.29, 1.82) is 0 Å². The summed E-state index contributed by atoms with van der Waals surface area (Å²) in [5.74, 6) is -0.0459. The lowest BCUT2D eigenvalue weighted by Crippen LogP contribution is -2.51. The van der Waals surface area contributed by atoms with E-state index in [0.29, 0.717) is 13.1 Å². The van der Waals surface area contributed by atoms with Gasteiger partial charge in [0.15, 0.2) is 0 Å². The van der Waals surface area contributed by atoms with E-state index in [1.807, 2.05) is 39.5 Å². The molecule has 1 heterocycles. The van der Waals surface area contributed by atoms with Crippen LogP contribution >= 0.6 is 0 Å². The van der Waals surface area contributed by atoms with Crippen molar-refractivity contribution < 1.29 is 14.3 Å². The number of hydrogen-bond donors (Lipinski definition) is 1. The second kappa shape index (κ2) is 7.31. The predicted molar refractivity (Wildman–Crippen MR) is 86.5 cm³/mol. The van der Waals surface area contributed by atoms with Crippen LogP contribution in [0.15, 0.2) is 0 Å². The molecule has 0 aliphatic carbocycles. The lowest BCUT2D eigenvalue weighted by molar-refractivity contribution is -0.133. The van der Waals surface area contributed by atoms with Crippen molar-refractivity contribution in [3.05, 3.63) is 0 Å². The van der Waals surface area contributed by atoms with Crippen molar-refractivity contribution in [2.75, 3.05) is 13.1 Å². The van der Waals surface area contributed by atoms with E-state index in [1.165, 1.54) is 0 Å². The molecule has 1 aliphatic rings. The van der Waals surface area contributed by atoms with Gasteiger partial charge in [-0.3, -0.25) is 4.79 Å². The fourth-order valence-electron chi connectivity index (χ4n) is 2.62. The predicted octanol–water partition coefficient (Wildman–Crippen LogP) is 1.97. The van der Waals surface area contributed by atoms with Crippen LogP contribution in [0, 0.1) is 0 Å². The molecule has 2 atom stereocenters. The van der Waals surface area contributed by atoms with E-state index in [2.05, 4.69) is 0 Å². The second-order valence-corrected chi connectivity index (χ2v) is 7.34. The molecule has 0 aromatic rings. The maximum atomic E-state index is 12.4. The van der Waals surface area contributed by atoms with E-state index < -0.39 is 11.6 Å². The number of likely N-dealkylation sites (tertiary alicyclic amines) is 1. The Labute approximate surface area is 134 Å². The summed E-state index contributed by atoms with van der Waals surface area (Å²) in [6.45, 7) is 12.4. The zero-order valence-electron chi connectivity index (χ0n) is 14.8. The SMILES string of the molecule is CC(C)N(C[C@@H]1CCCN1C(=O)[C@H](C)N)C(=O)OC(C)(C)C. The first-order chi connectivity index (χ1) is 10.0. The molecule has 2 N–H and O–H groups in total. The molecule has 6 heteroatoms. The first-order valence-electron chi connectivity index (χ1n) is 8.08. The van der Waals surface area contributed by atoms with Gasteiger partial charge in [0.25, 0.3) is 0 Å². The van der Waals surface area contributed by atoms with Gasteiger partial charge < -0.3 is 20.3 Å². The van der Waals surface area contributed by atoms with Gasteiger partial charge in [0.1, 0.15) is 5.60 Å². The molecular weight excluding hydrogens is 282 g/mol. The summed E-state index contributed by atoms with van der Waals surface area (Å²) in [5, 5.41) is 0. The molecule has 2 amide bonds. The van der Waals surface area contributed by atoms with E-state index in [9.17, 15) is 9.59 Å². The average Bonchev–Trinajstić information content (AvgIpc) is 2.79. The van der Waals surface area contributed by atoms with Gasteiger partial charge in [-0.15, -0.1) is 0 Å². The van der Waals surface area contributed by atoms with Crippen LogP contribution in [-0.4, -0.2) is 58.6 Å². The third-order valence-electron chi connectivity index (χ3n) is 3.71. The zero-order chi connectivity index (χ0) is 17.1. The van der Waals surface area contributed by atoms with Crippen LogP contribution in [0.4, 0.5) is 4.79 Å². The van der Waals surface area contributed by atoms with Gasteiger partial charge in [0, 0.05) is 25.2 Å². The van der Waals surface area contributed by atoms with Gasteiger partial charge in [-0.2, -0.15) is 0 Å². The quantitative estimate of drug-likeness (QED) is 0.861. The van der Waals surface area contributed by atoms with Crippen LogP contribution in [-0.2, 0) is 9.53 Å². The topological polar surface area (TPSA) is 75.9 Å². The molecule has 0 bridgehead atoms. The number of nitrogens with two attached hydrogens (primary N) is 1. The summed E-state index contributed by atoms with van der Waals surface area (Å²) in [6.07, 6.45) is 1.51. The standard InChI is InChI=1S/C16H31N3O3/c1-11(2)19(15(21)22-16(4,5)6)10-13-8-7-9-18(13)14(20)12(3)17/h11-13H,7-10,17H2,1-6H3/t12-,13-/m0/s1. The molecule has 0 aromatic heterocycles. The number of hydrogen-bond acceptors (Lipinski definition) is 4. The van der Waals surface area contributed by atoms with Crippen molar-refractivity contribution in [3.8, 4) is 0 Å². The van der Waals surface area contributed by atoms with Crippen molar-refractivity contribution in [3.63, 3.8) is 0 Å². The molecule has 128 valence electrons. The number of amides is 2. The Morgan fingerprint density at radius 1 is 1.32 bits per heavy atom. The van der Waals surface area contributed by atoms with Crippen LogP contribution in [0.2, 0.25) is 0 Å². The number of carbonyl (C=O) groups excluding carboxylic acids is 2. The van der Waals surface area contributed by atoms with E-state index in [1.54, 1.807) is 11.8 Å². The lowest BCUT2D eigenvalue weighted by atomic mass is 10.1. The van der Waals surface area contributed by atoms with Crippen LogP contribution in [0.1, 0.15) is 54.4 Å². The van der Waals surface area contributed by atoms with Gasteiger partial charge >= 0.3 is 6.09 Å². The molecule has 0 unspecified atom stereocenters. The van der Waals surface area contributed by atoms with Crippen LogP contribution in [0.5, 0.6) is 0 Å². The maximum absolute atomic E-state index is 12.4. The summed E-state index contributed by atoms with van der Waals surface area (Å²) in [4.78, 5) is 28.1. The monoisotopic (exact) mass is 313 g/mol. The van der Waals surface area contributed by atoms with Crippen LogP contribution < -0.4 is 5.73 Å². The third-order valence-corrected chi connectivity index (χ3v) is 3.71. The highest BCUT2D eigenvalue weighted by atomic mass is 16.6. The van der Waals surface area contributed by atoms with E-state index >= 15 is 0 Å². The Hall–Kier alpha value is -1.30. The lowest BCUT2D eigenvalue weighted by Gasteiger charge is -2.35. The van der Waals surface area contributed by atoms with Gasteiger partial charge in [-0.1, -0.05) is 0 Å². The fourth-order valence-corrected chi connectivity index (χ4v) is 2.62. The molecular formula is C16H31N3O3. The Bertz CT molecular complexity index is 402. The zero-order valence-corrected chi connectivity index (χ0v) is 14.8. The Morgan fingerprint density at radius 3 is 2.36 bits per heavy atom. The number of ether oxygens (including phenoxy) is 1. The molecule has 0 aromatic carbocycles. The highest BCUT2D eigenvalue weighted by Crippen LogP contribution is 2.21. The minimum Gasteiger partial charge on any atom is -0.444 e. The Morgan fingerprint density at radius 2 is 1.91 bits per heavy atom. The normalized spacial score (nSPS) is 20.2. The molecule has 1 saturated heterocycles. The van der Waals surface area contributed by atoms with Gasteiger partial charge in [-0.05, 0) is 54.4 Å². The largest absolute Gasteiger partial charge is 0.444 e. The third kappa shape index (κ3) is 5.16. The molecule has 6 nitrogen and oxygen atoms in total. The van der Waals surface area contributed by atoms with Gasteiger partial charge in [-0.25, -0.2) is 4.79 Å². The van der Waals surface area contributed by atoms with Crippen molar-refractivity contribution in [2.45, 2.75) is 78.1 Å².